The average molecular weight is 308 g/mol. The number of nitrogens with zero attached hydrogens (tertiary/aromatic N) is 1. The third-order valence-electron chi connectivity index (χ3n) is 3.36. The molecule has 0 saturated carbocycles. The van der Waals surface area contributed by atoms with E-state index >= 15 is 0 Å². The molecule has 1 atom stereocenters. The molecule has 0 spiro atoms. The number of nitrogens with one attached hydrogen (secondary N) is 1. The zero-order chi connectivity index (χ0) is 15.3. The van der Waals surface area contributed by atoms with Crippen LogP contribution in [0.25, 0.3) is 10.8 Å². The molecule has 2 aromatic rings. The Morgan fingerprint density at radius 2 is 2.29 bits per heavy atom. The molecule has 0 aliphatic rings. The molecule has 0 aromatic carbocycles. The van der Waals surface area contributed by atoms with Crippen LogP contribution in [0.2, 0.25) is 0 Å². The largest absolute Gasteiger partial charge is 0.462 e. The number of aromatic nitrogens is 1. The van der Waals surface area contributed by atoms with Crippen LogP contribution in [-0.2, 0) is 6.54 Å². The molecule has 2 heterocycles. The van der Waals surface area contributed by atoms with Crippen molar-refractivity contribution in [1.82, 2.24) is 10.3 Å². The second-order valence-corrected chi connectivity index (χ2v) is 7.01. The summed E-state index contributed by atoms with van der Waals surface area (Å²) >= 11 is 1.57. The van der Waals surface area contributed by atoms with Gasteiger partial charge >= 0.3 is 0 Å². The number of hydrogen-bond donors (Lipinski definition) is 2. The lowest BCUT2D eigenvalue weighted by Crippen LogP contribution is -2.37. The molecule has 0 saturated heterocycles. The van der Waals surface area contributed by atoms with Gasteiger partial charge in [0.15, 0.2) is 10.8 Å². The van der Waals surface area contributed by atoms with E-state index in [2.05, 4.69) is 24.1 Å². The van der Waals surface area contributed by atoms with Gasteiger partial charge in [0.2, 0.25) is 0 Å². The molecule has 0 radical (unpaired) electrons. The average Bonchev–Trinajstić information content (AvgIpc) is 3.06. The first kappa shape index (κ1) is 16.2. The standard InChI is InChI=1S/C16H24N2O2S/c1-12(2)6-7-16(3,19)11-17-9-13-10-21-15(18-13)14-5-4-8-20-14/h4-5,8,10,12,17,19H,6-7,9,11H2,1-3H3. The maximum absolute atomic E-state index is 10.3. The van der Waals surface area contributed by atoms with Crippen molar-refractivity contribution in [3.05, 3.63) is 29.5 Å². The Bertz CT molecular complexity index is 532. The Morgan fingerprint density at radius 3 is 2.95 bits per heavy atom. The molecule has 0 aliphatic carbocycles. The van der Waals surface area contributed by atoms with Gasteiger partial charge < -0.3 is 14.8 Å². The molecule has 2 rings (SSSR count). The number of hydrogen-bond acceptors (Lipinski definition) is 5. The van der Waals surface area contributed by atoms with Crippen LogP contribution in [-0.4, -0.2) is 22.2 Å². The van der Waals surface area contributed by atoms with Gasteiger partial charge in [0.05, 0.1) is 17.6 Å². The van der Waals surface area contributed by atoms with E-state index in [1.54, 1.807) is 17.6 Å². The smallest absolute Gasteiger partial charge is 0.162 e. The van der Waals surface area contributed by atoms with E-state index in [0.29, 0.717) is 19.0 Å². The minimum atomic E-state index is -0.663. The molecule has 4 nitrogen and oxygen atoms in total. The fourth-order valence-electron chi connectivity index (χ4n) is 2.05. The molecule has 116 valence electrons. The first-order chi connectivity index (χ1) is 9.96. The highest BCUT2D eigenvalue weighted by atomic mass is 32.1. The van der Waals surface area contributed by atoms with E-state index in [0.717, 1.165) is 29.3 Å². The van der Waals surface area contributed by atoms with E-state index < -0.39 is 5.60 Å². The van der Waals surface area contributed by atoms with Crippen molar-refractivity contribution in [2.45, 2.75) is 45.8 Å². The predicted molar refractivity (Wildman–Crippen MR) is 86.2 cm³/mol. The van der Waals surface area contributed by atoms with Gasteiger partial charge in [0.25, 0.3) is 0 Å². The van der Waals surface area contributed by atoms with Gasteiger partial charge in [-0.2, -0.15) is 0 Å². The normalized spacial score (nSPS) is 14.5. The van der Waals surface area contributed by atoms with Crippen LogP contribution in [0.5, 0.6) is 0 Å². The van der Waals surface area contributed by atoms with Gasteiger partial charge in [0.1, 0.15) is 0 Å². The minimum absolute atomic E-state index is 0.577. The van der Waals surface area contributed by atoms with Gasteiger partial charge in [-0.15, -0.1) is 11.3 Å². The van der Waals surface area contributed by atoms with Crippen molar-refractivity contribution in [2.75, 3.05) is 6.54 Å². The van der Waals surface area contributed by atoms with Crippen LogP contribution >= 0.6 is 11.3 Å². The number of furan rings is 1. The summed E-state index contributed by atoms with van der Waals surface area (Å²) in [7, 11) is 0. The lowest BCUT2D eigenvalue weighted by molar-refractivity contribution is 0.0450. The molecule has 0 fully saturated rings. The molecule has 21 heavy (non-hydrogen) atoms. The number of rotatable bonds is 8. The van der Waals surface area contributed by atoms with Crippen molar-refractivity contribution in [3.63, 3.8) is 0 Å². The molecule has 0 aliphatic heterocycles. The van der Waals surface area contributed by atoms with Crippen molar-refractivity contribution >= 4 is 11.3 Å². The summed E-state index contributed by atoms with van der Waals surface area (Å²) in [4.78, 5) is 4.53. The molecular formula is C16H24N2O2S. The van der Waals surface area contributed by atoms with Gasteiger partial charge in [-0.1, -0.05) is 13.8 Å². The Kier molecular flexibility index (Phi) is 5.56. The minimum Gasteiger partial charge on any atom is -0.462 e. The third-order valence-corrected chi connectivity index (χ3v) is 4.26. The summed E-state index contributed by atoms with van der Waals surface area (Å²) < 4.78 is 5.33. The summed E-state index contributed by atoms with van der Waals surface area (Å²) in [6, 6.07) is 3.77. The topological polar surface area (TPSA) is 58.3 Å². The van der Waals surface area contributed by atoms with Gasteiger partial charge in [0, 0.05) is 18.5 Å². The first-order valence-electron chi connectivity index (χ1n) is 7.38. The molecule has 2 aromatic heterocycles. The summed E-state index contributed by atoms with van der Waals surface area (Å²) in [5.41, 5.74) is 0.315. The fraction of sp³-hybridized carbons (Fsp3) is 0.562. The van der Waals surface area contributed by atoms with Crippen LogP contribution in [0.4, 0.5) is 0 Å². The van der Waals surface area contributed by atoms with Crippen LogP contribution < -0.4 is 5.32 Å². The van der Waals surface area contributed by atoms with Crippen molar-refractivity contribution in [3.8, 4) is 10.8 Å². The van der Waals surface area contributed by atoms with E-state index in [9.17, 15) is 5.11 Å². The maximum Gasteiger partial charge on any atom is 0.162 e. The number of thiazole rings is 1. The Morgan fingerprint density at radius 1 is 1.48 bits per heavy atom. The van der Waals surface area contributed by atoms with Crippen molar-refractivity contribution in [1.29, 1.82) is 0 Å². The highest BCUT2D eigenvalue weighted by Gasteiger charge is 2.20. The molecule has 1 unspecified atom stereocenters. The van der Waals surface area contributed by atoms with Gasteiger partial charge in [-0.25, -0.2) is 4.98 Å². The Balaban J connectivity index is 1.78. The fourth-order valence-corrected chi connectivity index (χ4v) is 2.84. The van der Waals surface area contributed by atoms with Crippen LogP contribution in [0.15, 0.2) is 28.2 Å². The maximum atomic E-state index is 10.3. The lowest BCUT2D eigenvalue weighted by Gasteiger charge is -2.24. The molecular weight excluding hydrogens is 284 g/mol. The molecule has 2 N–H and O–H groups in total. The van der Waals surface area contributed by atoms with Gasteiger partial charge in [-0.3, -0.25) is 0 Å². The van der Waals surface area contributed by atoms with Crippen molar-refractivity contribution < 1.29 is 9.52 Å². The highest BCUT2D eigenvalue weighted by molar-refractivity contribution is 7.13. The highest BCUT2D eigenvalue weighted by Crippen LogP contribution is 2.24. The zero-order valence-corrected chi connectivity index (χ0v) is 13.7. The van der Waals surface area contributed by atoms with E-state index in [1.807, 2.05) is 24.4 Å². The quantitative estimate of drug-likeness (QED) is 0.781. The van der Waals surface area contributed by atoms with E-state index in [-0.39, 0.29) is 0 Å². The van der Waals surface area contributed by atoms with Crippen LogP contribution in [0.1, 0.15) is 39.3 Å². The van der Waals surface area contributed by atoms with Crippen LogP contribution in [0.3, 0.4) is 0 Å². The van der Waals surface area contributed by atoms with Crippen LogP contribution in [0, 0.1) is 5.92 Å². The molecule has 0 bridgehead atoms. The summed E-state index contributed by atoms with van der Waals surface area (Å²) in [5.74, 6) is 1.42. The summed E-state index contributed by atoms with van der Waals surface area (Å²) in [5, 5.41) is 16.5. The van der Waals surface area contributed by atoms with E-state index in [4.69, 9.17) is 4.42 Å². The van der Waals surface area contributed by atoms with Crippen molar-refractivity contribution in [2.24, 2.45) is 5.92 Å². The number of aliphatic hydroxyl groups is 1. The summed E-state index contributed by atoms with van der Waals surface area (Å²) in [6.07, 6.45) is 3.50. The first-order valence-corrected chi connectivity index (χ1v) is 8.25. The second kappa shape index (κ2) is 7.20. The third kappa shape index (κ3) is 5.26. The SMILES string of the molecule is CC(C)CCC(C)(O)CNCc1csc(-c2ccco2)n1. The monoisotopic (exact) mass is 308 g/mol. The summed E-state index contributed by atoms with van der Waals surface area (Å²) in [6.45, 7) is 7.48. The Labute approximate surface area is 130 Å². The lowest BCUT2D eigenvalue weighted by atomic mass is 9.95. The molecule has 0 amide bonds. The second-order valence-electron chi connectivity index (χ2n) is 6.15. The van der Waals surface area contributed by atoms with E-state index in [1.165, 1.54) is 0 Å². The molecule has 5 heteroatoms. The zero-order valence-electron chi connectivity index (χ0n) is 12.9. The Hall–Kier alpha value is -1.17. The van der Waals surface area contributed by atoms with Gasteiger partial charge in [-0.05, 0) is 37.8 Å². The predicted octanol–water partition coefficient (Wildman–Crippen LogP) is 3.68.